The first kappa shape index (κ1) is 13.7. The Labute approximate surface area is 121 Å². The molecule has 0 aliphatic heterocycles. The lowest BCUT2D eigenvalue weighted by atomic mass is 10.00. The summed E-state index contributed by atoms with van der Waals surface area (Å²) in [7, 11) is 0. The van der Waals surface area contributed by atoms with Crippen LogP contribution in [-0.2, 0) is 6.42 Å². The molecule has 0 aliphatic carbocycles. The van der Waals surface area contributed by atoms with Crippen LogP contribution < -0.4 is 5.73 Å². The summed E-state index contributed by atoms with van der Waals surface area (Å²) in [6.07, 6.45) is 0.707. The van der Waals surface area contributed by atoms with E-state index in [1.54, 1.807) is 6.07 Å². The minimum atomic E-state index is -0.0838. The molecule has 0 amide bonds. The van der Waals surface area contributed by atoms with Crippen LogP contribution in [0.2, 0.25) is 15.1 Å². The van der Waals surface area contributed by atoms with E-state index in [0.717, 1.165) is 11.1 Å². The number of halogens is 3. The number of nitrogens with two attached hydrogens (primary N) is 1. The fourth-order valence-corrected chi connectivity index (χ4v) is 2.20. The second kappa shape index (κ2) is 5.94. The maximum absolute atomic E-state index is 6.15. The predicted molar refractivity (Wildman–Crippen MR) is 78.5 cm³/mol. The van der Waals surface area contributed by atoms with Gasteiger partial charge in [0.2, 0.25) is 0 Å². The average molecular weight is 301 g/mol. The van der Waals surface area contributed by atoms with Gasteiger partial charge >= 0.3 is 0 Å². The largest absolute Gasteiger partial charge is 0.324 e. The topological polar surface area (TPSA) is 26.0 Å². The molecule has 0 radical (unpaired) electrons. The van der Waals surface area contributed by atoms with Gasteiger partial charge in [0.15, 0.2) is 0 Å². The first-order chi connectivity index (χ1) is 8.56. The molecule has 2 rings (SSSR count). The molecule has 18 heavy (non-hydrogen) atoms. The molecular weight excluding hydrogens is 289 g/mol. The van der Waals surface area contributed by atoms with Gasteiger partial charge < -0.3 is 5.73 Å². The molecule has 2 aromatic rings. The summed E-state index contributed by atoms with van der Waals surface area (Å²) in [6, 6.07) is 13.0. The Morgan fingerprint density at radius 3 is 2.17 bits per heavy atom. The van der Waals surface area contributed by atoms with Gasteiger partial charge in [-0.2, -0.15) is 0 Å². The zero-order chi connectivity index (χ0) is 13.1. The van der Waals surface area contributed by atoms with Crippen molar-refractivity contribution in [3.63, 3.8) is 0 Å². The Hall–Kier alpha value is -0.730. The number of hydrogen-bond donors (Lipinski definition) is 1. The van der Waals surface area contributed by atoms with Gasteiger partial charge in [0.05, 0.1) is 10.0 Å². The summed E-state index contributed by atoms with van der Waals surface area (Å²) in [4.78, 5) is 0. The molecule has 1 nitrogen and oxygen atoms in total. The molecule has 0 aliphatic rings. The highest BCUT2D eigenvalue weighted by Crippen LogP contribution is 2.25. The highest BCUT2D eigenvalue weighted by atomic mass is 35.5. The summed E-state index contributed by atoms with van der Waals surface area (Å²) >= 11 is 17.7. The van der Waals surface area contributed by atoms with Crippen molar-refractivity contribution in [2.45, 2.75) is 12.5 Å². The number of rotatable bonds is 3. The third kappa shape index (κ3) is 3.39. The van der Waals surface area contributed by atoms with Crippen LogP contribution in [0, 0.1) is 0 Å². The Morgan fingerprint density at radius 1 is 0.889 bits per heavy atom. The predicted octanol–water partition coefficient (Wildman–Crippen LogP) is 4.89. The first-order valence-corrected chi connectivity index (χ1v) is 6.64. The van der Waals surface area contributed by atoms with Crippen molar-refractivity contribution < 1.29 is 0 Å². The molecular formula is C14H12Cl3N. The van der Waals surface area contributed by atoms with E-state index in [1.807, 2.05) is 36.4 Å². The quantitative estimate of drug-likeness (QED) is 0.858. The lowest BCUT2D eigenvalue weighted by Gasteiger charge is -2.12. The molecule has 4 heteroatoms. The van der Waals surface area contributed by atoms with E-state index in [1.165, 1.54) is 0 Å². The minimum absolute atomic E-state index is 0.0838. The van der Waals surface area contributed by atoms with E-state index < -0.39 is 0 Å². The standard InChI is InChI=1S/C14H12Cl3N/c15-11-4-2-10(3-5-11)14(18)8-9-1-6-12(16)13(17)7-9/h1-7,14H,8,18H2. The first-order valence-electron chi connectivity index (χ1n) is 5.51. The van der Waals surface area contributed by atoms with Gasteiger partial charge in [-0.1, -0.05) is 53.0 Å². The smallest absolute Gasteiger partial charge is 0.0595 e. The Bertz CT molecular complexity index is 537. The van der Waals surface area contributed by atoms with Crippen LogP contribution in [-0.4, -0.2) is 0 Å². The van der Waals surface area contributed by atoms with Crippen molar-refractivity contribution in [3.8, 4) is 0 Å². The highest BCUT2D eigenvalue weighted by Gasteiger charge is 2.08. The SMILES string of the molecule is NC(Cc1ccc(Cl)c(Cl)c1)c1ccc(Cl)cc1. The van der Waals surface area contributed by atoms with E-state index >= 15 is 0 Å². The van der Waals surface area contributed by atoms with Crippen LogP contribution >= 0.6 is 34.8 Å². The molecule has 2 N–H and O–H groups in total. The number of benzene rings is 2. The zero-order valence-electron chi connectivity index (χ0n) is 9.54. The van der Waals surface area contributed by atoms with Gasteiger partial charge in [-0.3, -0.25) is 0 Å². The van der Waals surface area contributed by atoms with Gasteiger partial charge in [-0.25, -0.2) is 0 Å². The zero-order valence-corrected chi connectivity index (χ0v) is 11.8. The van der Waals surface area contributed by atoms with Crippen molar-refractivity contribution >= 4 is 34.8 Å². The van der Waals surface area contributed by atoms with Crippen LogP contribution in [0.4, 0.5) is 0 Å². The summed E-state index contributed by atoms with van der Waals surface area (Å²) in [5, 5.41) is 1.82. The monoisotopic (exact) mass is 299 g/mol. The van der Waals surface area contributed by atoms with Crippen molar-refractivity contribution in [2.24, 2.45) is 5.73 Å². The van der Waals surface area contributed by atoms with Crippen molar-refractivity contribution in [1.82, 2.24) is 0 Å². The molecule has 2 aromatic carbocycles. The second-order valence-electron chi connectivity index (χ2n) is 4.11. The van der Waals surface area contributed by atoms with Crippen LogP contribution in [0.25, 0.3) is 0 Å². The van der Waals surface area contributed by atoms with E-state index in [4.69, 9.17) is 40.5 Å². The maximum atomic E-state index is 6.15. The van der Waals surface area contributed by atoms with E-state index in [-0.39, 0.29) is 6.04 Å². The highest BCUT2D eigenvalue weighted by molar-refractivity contribution is 6.42. The average Bonchev–Trinajstić information content (AvgIpc) is 2.34. The minimum Gasteiger partial charge on any atom is -0.324 e. The molecule has 0 bridgehead atoms. The molecule has 1 atom stereocenters. The fraction of sp³-hybridized carbons (Fsp3) is 0.143. The van der Waals surface area contributed by atoms with Crippen LogP contribution in [0.1, 0.15) is 17.2 Å². The lowest BCUT2D eigenvalue weighted by Crippen LogP contribution is -2.13. The van der Waals surface area contributed by atoms with E-state index in [0.29, 0.717) is 21.5 Å². The molecule has 94 valence electrons. The molecule has 0 saturated carbocycles. The Kier molecular flexibility index (Phi) is 4.52. The van der Waals surface area contributed by atoms with Gasteiger partial charge in [0, 0.05) is 11.1 Å². The fourth-order valence-electron chi connectivity index (χ4n) is 1.75. The molecule has 0 spiro atoms. The van der Waals surface area contributed by atoms with Crippen molar-refractivity contribution in [3.05, 3.63) is 68.7 Å². The van der Waals surface area contributed by atoms with Gasteiger partial charge in [-0.05, 0) is 41.8 Å². The molecule has 0 saturated heterocycles. The van der Waals surface area contributed by atoms with Gasteiger partial charge in [-0.15, -0.1) is 0 Å². The molecule has 0 fully saturated rings. The summed E-state index contributed by atoms with van der Waals surface area (Å²) < 4.78 is 0. The van der Waals surface area contributed by atoms with Gasteiger partial charge in [0.25, 0.3) is 0 Å². The Morgan fingerprint density at radius 2 is 1.56 bits per heavy atom. The van der Waals surface area contributed by atoms with E-state index in [2.05, 4.69) is 0 Å². The molecule has 1 unspecified atom stereocenters. The third-order valence-corrected chi connectivity index (χ3v) is 3.73. The van der Waals surface area contributed by atoms with E-state index in [9.17, 15) is 0 Å². The Balaban J connectivity index is 2.13. The van der Waals surface area contributed by atoms with Crippen LogP contribution in [0.3, 0.4) is 0 Å². The maximum Gasteiger partial charge on any atom is 0.0595 e. The molecule has 0 heterocycles. The van der Waals surface area contributed by atoms with Crippen molar-refractivity contribution in [2.75, 3.05) is 0 Å². The van der Waals surface area contributed by atoms with Gasteiger partial charge in [0.1, 0.15) is 0 Å². The normalized spacial score (nSPS) is 12.4. The van der Waals surface area contributed by atoms with Crippen LogP contribution in [0.15, 0.2) is 42.5 Å². The van der Waals surface area contributed by atoms with Crippen LogP contribution in [0.5, 0.6) is 0 Å². The van der Waals surface area contributed by atoms with Crippen molar-refractivity contribution in [1.29, 1.82) is 0 Å². The summed E-state index contributed by atoms with van der Waals surface area (Å²) in [6.45, 7) is 0. The lowest BCUT2D eigenvalue weighted by molar-refractivity contribution is 0.722. The third-order valence-electron chi connectivity index (χ3n) is 2.74. The summed E-state index contributed by atoms with van der Waals surface area (Å²) in [5.74, 6) is 0. The molecule has 0 aromatic heterocycles. The summed E-state index contributed by atoms with van der Waals surface area (Å²) in [5.41, 5.74) is 8.25. The number of hydrogen-bond acceptors (Lipinski definition) is 1. The second-order valence-corrected chi connectivity index (χ2v) is 5.36.